The Bertz CT molecular complexity index is 307. The molecule has 26 heavy (non-hydrogen) atoms. The van der Waals surface area contributed by atoms with Crippen LogP contribution in [0, 0.1) is 11.8 Å². The number of carbonyl (C=O) groups is 1. The summed E-state index contributed by atoms with van der Waals surface area (Å²) in [6.07, 6.45) is 22.5. The normalized spacial score (nSPS) is 13.7. The summed E-state index contributed by atoms with van der Waals surface area (Å²) in [5, 5.41) is 9.18. The minimum Gasteiger partial charge on any atom is -0.396 e. The standard InChI is InChI=1S/C23H47NO2/c1-3-4-5-6-7-8-9-10-11-12-13-14-15-16-17-18-19-22(23(24)26)21(2)20-25/h21-22,25H,3-20H2,1-2H3,(H2,24,26). The second-order valence-corrected chi connectivity index (χ2v) is 8.26. The lowest BCUT2D eigenvalue weighted by Gasteiger charge is -2.18. The summed E-state index contributed by atoms with van der Waals surface area (Å²) in [6, 6.07) is 0. The highest BCUT2D eigenvalue weighted by atomic mass is 16.3. The molecular formula is C23H47NO2. The summed E-state index contributed by atoms with van der Waals surface area (Å²) in [5.41, 5.74) is 5.43. The molecule has 156 valence electrons. The number of aliphatic hydroxyl groups excluding tert-OH is 1. The van der Waals surface area contributed by atoms with Gasteiger partial charge in [-0.3, -0.25) is 4.79 Å². The van der Waals surface area contributed by atoms with Crippen molar-refractivity contribution >= 4 is 5.91 Å². The highest BCUT2D eigenvalue weighted by molar-refractivity contribution is 5.76. The lowest BCUT2D eigenvalue weighted by Crippen LogP contribution is -2.30. The number of nitrogens with two attached hydrogens (primary N) is 1. The number of unbranched alkanes of at least 4 members (excludes halogenated alkanes) is 15. The summed E-state index contributed by atoms with van der Waals surface area (Å²) in [6.45, 7) is 4.23. The van der Waals surface area contributed by atoms with Gasteiger partial charge in [-0.1, -0.05) is 117 Å². The second-order valence-electron chi connectivity index (χ2n) is 8.26. The first-order valence-electron chi connectivity index (χ1n) is 11.5. The van der Waals surface area contributed by atoms with Crippen LogP contribution < -0.4 is 5.73 Å². The summed E-state index contributed by atoms with van der Waals surface area (Å²) in [5.74, 6) is -0.428. The van der Waals surface area contributed by atoms with Crippen molar-refractivity contribution in [2.24, 2.45) is 17.6 Å². The third-order valence-electron chi connectivity index (χ3n) is 5.71. The van der Waals surface area contributed by atoms with Crippen LogP contribution in [0.1, 0.15) is 123 Å². The van der Waals surface area contributed by atoms with Crippen molar-refractivity contribution in [3.8, 4) is 0 Å². The van der Waals surface area contributed by atoms with E-state index in [2.05, 4.69) is 6.92 Å². The summed E-state index contributed by atoms with van der Waals surface area (Å²) in [7, 11) is 0. The highest BCUT2D eigenvalue weighted by Gasteiger charge is 2.21. The second kappa shape index (κ2) is 19.2. The Balaban J connectivity index is 3.27. The molecule has 0 rings (SSSR count). The predicted molar refractivity (Wildman–Crippen MR) is 113 cm³/mol. The Kier molecular flexibility index (Phi) is 18.8. The average Bonchev–Trinajstić information content (AvgIpc) is 2.63. The van der Waals surface area contributed by atoms with Gasteiger partial charge in [-0.25, -0.2) is 0 Å². The number of hydrogen-bond donors (Lipinski definition) is 2. The zero-order chi connectivity index (χ0) is 19.5. The molecule has 3 heteroatoms. The fraction of sp³-hybridized carbons (Fsp3) is 0.957. The van der Waals surface area contributed by atoms with Gasteiger partial charge in [0.05, 0.1) is 0 Å². The Labute approximate surface area is 163 Å². The zero-order valence-electron chi connectivity index (χ0n) is 17.8. The molecule has 0 aromatic heterocycles. The van der Waals surface area contributed by atoms with Gasteiger partial charge in [0.2, 0.25) is 5.91 Å². The quantitative estimate of drug-likeness (QED) is 0.245. The van der Waals surface area contributed by atoms with Crippen LogP contribution in [0.15, 0.2) is 0 Å². The zero-order valence-corrected chi connectivity index (χ0v) is 17.8. The van der Waals surface area contributed by atoms with Crippen LogP contribution >= 0.6 is 0 Å². The van der Waals surface area contributed by atoms with Gasteiger partial charge < -0.3 is 10.8 Å². The van der Waals surface area contributed by atoms with Crippen molar-refractivity contribution in [1.29, 1.82) is 0 Å². The fourth-order valence-electron chi connectivity index (χ4n) is 3.75. The number of aliphatic hydroxyl groups is 1. The fourth-order valence-corrected chi connectivity index (χ4v) is 3.75. The molecule has 0 aliphatic carbocycles. The van der Waals surface area contributed by atoms with E-state index in [1.54, 1.807) is 0 Å². The van der Waals surface area contributed by atoms with Crippen LogP contribution in [-0.2, 0) is 4.79 Å². The number of rotatable bonds is 20. The van der Waals surface area contributed by atoms with E-state index in [9.17, 15) is 9.90 Å². The Hall–Kier alpha value is -0.570. The van der Waals surface area contributed by atoms with E-state index >= 15 is 0 Å². The van der Waals surface area contributed by atoms with Crippen LogP contribution in [0.2, 0.25) is 0 Å². The predicted octanol–water partition coefficient (Wildman–Crippen LogP) is 6.37. The van der Waals surface area contributed by atoms with Crippen LogP contribution in [0.25, 0.3) is 0 Å². The molecule has 3 N–H and O–H groups in total. The number of primary amides is 1. The lowest BCUT2D eigenvalue weighted by atomic mass is 9.88. The van der Waals surface area contributed by atoms with Gasteiger partial charge >= 0.3 is 0 Å². The molecule has 0 radical (unpaired) electrons. The molecule has 0 aromatic rings. The molecule has 0 bridgehead atoms. The van der Waals surface area contributed by atoms with Crippen molar-refractivity contribution in [2.45, 2.75) is 123 Å². The van der Waals surface area contributed by atoms with Crippen molar-refractivity contribution in [3.05, 3.63) is 0 Å². The molecule has 0 spiro atoms. The number of carbonyl (C=O) groups excluding carboxylic acids is 1. The van der Waals surface area contributed by atoms with Crippen LogP contribution in [0.4, 0.5) is 0 Å². The molecule has 0 saturated heterocycles. The third kappa shape index (κ3) is 15.7. The molecule has 0 aliphatic rings. The maximum Gasteiger partial charge on any atom is 0.220 e. The van der Waals surface area contributed by atoms with Crippen molar-refractivity contribution in [1.82, 2.24) is 0 Å². The maximum absolute atomic E-state index is 11.4. The Morgan fingerprint density at radius 1 is 0.731 bits per heavy atom. The van der Waals surface area contributed by atoms with Gasteiger partial charge in [-0.05, 0) is 12.3 Å². The topological polar surface area (TPSA) is 63.3 Å². The van der Waals surface area contributed by atoms with Gasteiger partial charge in [0.15, 0.2) is 0 Å². The average molecular weight is 370 g/mol. The van der Waals surface area contributed by atoms with Crippen molar-refractivity contribution in [2.75, 3.05) is 6.61 Å². The van der Waals surface area contributed by atoms with Crippen molar-refractivity contribution in [3.63, 3.8) is 0 Å². The Morgan fingerprint density at radius 2 is 1.08 bits per heavy atom. The largest absolute Gasteiger partial charge is 0.396 e. The van der Waals surface area contributed by atoms with E-state index in [4.69, 9.17) is 5.73 Å². The molecule has 2 unspecified atom stereocenters. The summed E-state index contributed by atoms with van der Waals surface area (Å²) in [4.78, 5) is 11.4. The molecule has 0 aromatic carbocycles. The first-order valence-corrected chi connectivity index (χ1v) is 11.5. The van der Waals surface area contributed by atoms with Gasteiger partial charge in [-0.15, -0.1) is 0 Å². The monoisotopic (exact) mass is 369 g/mol. The summed E-state index contributed by atoms with van der Waals surface area (Å²) < 4.78 is 0. The van der Waals surface area contributed by atoms with Crippen LogP contribution in [0.3, 0.4) is 0 Å². The van der Waals surface area contributed by atoms with Gasteiger partial charge in [0, 0.05) is 12.5 Å². The maximum atomic E-state index is 11.4. The van der Waals surface area contributed by atoms with Crippen LogP contribution in [0.5, 0.6) is 0 Å². The molecular weight excluding hydrogens is 322 g/mol. The molecule has 0 heterocycles. The van der Waals surface area contributed by atoms with Gasteiger partial charge in [0.1, 0.15) is 0 Å². The lowest BCUT2D eigenvalue weighted by molar-refractivity contribution is -0.124. The molecule has 0 aliphatic heterocycles. The molecule has 0 fully saturated rings. The van der Waals surface area contributed by atoms with Gasteiger partial charge in [0.25, 0.3) is 0 Å². The van der Waals surface area contributed by atoms with Crippen molar-refractivity contribution < 1.29 is 9.90 Å². The van der Waals surface area contributed by atoms with E-state index in [1.165, 1.54) is 96.3 Å². The number of amides is 1. The first kappa shape index (κ1) is 25.4. The smallest absolute Gasteiger partial charge is 0.220 e. The molecule has 1 amide bonds. The molecule has 0 saturated carbocycles. The third-order valence-corrected chi connectivity index (χ3v) is 5.71. The molecule has 2 atom stereocenters. The first-order chi connectivity index (χ1) is 12.6. The Morgan fingerprint density at radius 3 is 1.38 bits per heavy atom. The highest BCUT2D eigenvalue weighted by Crippen LogP contribution is 2.20. The van der Waals surface area contributed by atoms with E-state index < -0.39 is 0 Å². The van der Waals surface area contributed by atoms with E-state index in [0.717, 1.165) is 12.8 Å². The SMILES string of the molecule is CCCCCCCCCCCCCCCCCCC(C(N)=O)C(C)CO. The van der Waals surface area contributed by atoms with Crippen LogP contribution in [-0.4, -0.2) is 17.6 Å². The van der Waals surface area contributed by atoms with E-state index in [0.29, 0.717) is 0 Å². The minimum absolute atomic E-state index is 0.0103. The van der Waals surface area contributed by atoms with E-state index in [1.807, 2.05) is 6.92 Å². The number of hydrogen-bond acceptors (Lipinski definition) is 2. The molecule has 3 nitrogen and oxygen atoms in total. The summed E-state index contributed by atoms with van der Waals surface area (Å²) >= 11 is 0. The minimum atomic E-state index is -0.257. The van der Waals surface area contributed by atoms with E-state index in [-0.39, 0.29) is 24.3 Å². The van der Waals surface area contributed by atoms with Gasteiger partial charge in [-0.2, -0.15) is 0 Å².